The number of ketones is 1. The van der Waals surface area contributed by atoms with Crippen molar-refractivity contribution in [2.24, 2.45) is 5.92 Å². The summed E-state index contributed by atoms with van der Waals surface area (Å²) in [6.45, 7) is 4.27. The van der Waals surface area contributed by atoms with Gasteiger partial charge >= 0.3 is 0 Å². The highest BCUT2D eigenvalue weighted by Gasteiger charge is 2.53. The molecular formula is C17H22O2. The Morgan fingerprint density at radius 1 is 1.16 bits per heavy atom. The molecule has 0 aromatic heterocycles. The number of carbonyl (C=O) groups excluding carboxylic acids is 1. The Balaban J connectivity index is 2.04. The zero-order valence-electron chi connectivity index (χ0n) is 11.8. The molecule has 2 unspecified atom stereocenters. The molecule has 1 aromatic carbocycles. The second kappa shape index (κ2) is 4.45. The van der Waals surface area contributed by atoms with Gasteiger partial charge in [-0.1, -0.05) is 30.3 Å². The summed E-state index contributed by atoms with van der Waals surface area (Å²) < 4.78 is 6.46. The van der Waals surface area contributed by atoms with Crippen molar-refractivity contribution in [3.63, 3.8) is 0 Å². The molecule has 3 rings (SSSR count). The fraction of sp³-hybridized carbons (Fsp3) is 0.588. The van der Waals surface area contributed by atoms with Crippen LogP contribution in [0.3, 0.4) is 0 Å². The zero-order chi connectivity index (χ0) is 13.5. The lowest BCUT2D eigenvalue weighted by molar-refractivity contribution is -0.145. The van der Waals surface area contributed by atoms with Gasteiger partial charge in [0.15, 0.2) is 0 Å². The van der Waals surface area contributed by atoms with Gasteiger partial charge in [-0.15, -0.1) is 0 Å². The van der Waals surface area contributed by atoms with Crippen molar-refractivity contribution < 1.29 is 9.53 Å². The molecule has 1 aromatic rings. The highest BCUT2D eigenvalue weighted by Crippen LogP contribution is 2.52. The molecule has 0 N–H and O–H groups in total. The molecule has 2 aliphatic rings. The Labute approximate surface area is 115 Å². The summed E-state index contributed by atoms with van der Waals surface area (Å²) in [5, 5.41) is 0. The van der Waals surface area contributed by atoms with Crippen LogP contribution in [0.5, 0.6) is 0 Å². The van der Waals surface area contributed by atoms with Crippen molar-refractivity contribution in [3.05, 3.63) is 35.9 Å². The Kier molecular flexibility index (Phi) is 3.01. The molecular weight excluding hydrogens is 236 g/mol. The van der Waals surface area contributed by atoms with Gasteiger partial charge in [-0.3, -0.25) is 4.79 Å². The summed E-state index contributed by atoms with van der Waals surface area (Å²) in [6, 6.07) is 10.4. The summed E-state index contributed by atoms with van der Waals surface area (Å²) in [5.41, 5.74) is 0.678. The van der Waals surface area contributed by atoms with E-state index in [2.05, 4.69) is 26.0 Å². The van der Waals surface area contributed by atoms with E-state index >= 15 is 0 Å². The van der Waals surface area contributed by atoms with Crippen LogP contribution >= 0.6 is 0 Å². The van der Waals surface area contributed by atoms with Crippen molar-refractivity contribution in [3.8, 4) is 0 Å². The first-order valence-electron chi connectivity index (χ1n) is 7.32. The van der Waals surface area contributed by atoms with Crippen molar-refractivity contribution in [2.75, 3.05) is 0 Å². The number of Topliss-reactive ketones (excluding diaryl/α,β-unsaturated/α-hetero) is 1. The normalized spacial score (nSPS) is 33.8. The first kappa shape index (κ1) is 12.9. The van der Waals surface area contributed by atoms with Crippen LogP contribution < -0.4 is 0 Å². The minimum atomic E-state index is -0.377. The third-order valence-corrected chi connectivity index (χ3v) is 4.69. The van der Waals surface area contributed by atoms with Crippen molar-refractivity contribution in [2.45, 2.75) is 57.2 Å². The molecule has 2 fully saturated rings. The number of hydrogen-bond acceptors (Lipinski definition) is 2. The standard InChI is InChI=1S/C17H22O2/c1-16(2)11-12-17(19-16,13-7-4-3-5-8-13)14-9-6-10-15(14)18/h3-5,7-8,14H,6,9-12H2,1-2H3. The molecule has 1 saturated carbocycles. The van der Waals surface area contributed by atoms with E-state index in [0.717, 1.165) is 32.1 Å². The molecule has 102 valence electrons. The van der Waals surface area contributed by atoms with Crippen LogP contribution in [-0.4, -0.2) is 11.4 Å². The summed E-state index contributed by atoms with van der Waals surface area (Å²) in [6.07, 6.45) is 4.70. The molecule has 0 radical (unpaired) electrons. The van der Waals surface area contributed by atoms with Gasteiger partial charge in [0.2, 0.25) is 0 Å². The Morgan fingerprint density at radius 2 is 1.89 bits per heavy atom. The molecule has 1 heterocycles. The van der Waals surface area contributed by atoms with E-state index in [0.29, 0.717) is 5.78 Å². The Bertz CT molecular complexity index is 477. The molecule has 1 saturated heterocycles. The summed E-state index contributed by atoms with van der Waals surface area (Å²) >= 11 is 0. The average Bonchev–Trinajstić information content (AvgIpc) is 2.95. The topological polar surface area (TPSA) is 26.3 Å². The predicted molar refractivity (Wildman–Crippen MR) is 74.9 cm³/mol. The predicted octanol–water partition coefficient (Wildman–Crippen LogP) is 3.84. The van der Waals surface area contributed by atoms with Gasteiger partial charge in [0.1, 0.15) is 11.4 Å². The lowest BCUT2D eigenvalue weighted by atomic mass is 9.77. The monoisotopic (exact) mass is 258 g/mol. The quantitative estimate of drug-likeness (QED) is 0.805. The van der Waals surface area contributed by atoms with Gasteiger partial charge in [-0.2, -0.15) is 0 Å². The molecule has 2 atom stereocenters. The molecule has 1 aliphatic heterocycles. The minimum absolute atomic E-state index is 0.0525. The summed E-state index contributed by atoms with van der Waals surface area (Å²) in [4.78, 5) is 12.3. The van der Waals surface area contributed by atoms with Gasteiger partial charge in [0.25, 0.3) is 0 Å². The van der Waals surface area contributed by atoms with E-state index in [1.807, 2.05) is 18.2 Å². The smallest absolute Gasteiger partial charge is 0.139 e. The van der Waals surface area contributed by atoms with Crippen LogP contribution in [0.1, 0.15) is 51.5 Å². The number of benzene rings is 1. The third-order valence-electron chi connectivity index (χ3n) is 4.69. The minimum Gasteiger partial charge on any atom is -0.364 e. The van der Waals surface area contributed by atoms with E-state index in [1.54, 1.807) is 0 Å². The second-order valence-corrected chi connectivity index (χ2v) is 6.53. The highest BCUT2D eigenvalue weighted by atomic mass is 16.5. The van der Waals surface area contributed by atoms with Gasteiger partial charge in [0.05, 0.1) is 11.5 Å². The lowest BCUT2D eigenvalue weighted by Gasteiger charge is -2.36. The van der Waals surface area contributed by atoms with Crippen LogP contribution in [0, 0.1) is 5.92 Å². The SMILES string of the molecule is CC1(C)CCC(c2ccccc2)(C2CCCC2=O)O1. The Morgan fingerprint density at radius 3 is 2.42 bits per heavy atom. The number of rotatable bonds is 2. The molecule has 0 amide bonds. The van der Waals surface area contributed by atoms with Gasteiger partial charge in [-0.25, -0.2) is 0 Å². The first-order chi connectivity index (χ1) is 9.04. The molecule has 19 heavy (non-hydrogen) atoms. The van der Waals surface area contributed by atoms with Crippen LogP contribution in [0.15, 0.2) is 30.3 Å². The summed E-state index contributed by atoms with van der Waals surface area (Å²) in [5.74, 6) is 0.443. The second-order valence-electron chi connectivity index (χ2n) is 6.53. The van der Waals surface area contributed by atoms with Crippen molar-refractivity contribution >= 4 is 5.78 Å². The maximum atomic E-state index is 12.3. The van der Waals surface area contributed by atoms with Crippen LogP contribution in [0.2, 0.25) is 0 Å². The van der Waals surface area contributed by atoms with Crippen LogP contribution in [0.4, 0.5) is 0 Å². The third kappa shape index (κ3) is 2.12. The zero-order valence-corrected chi connectivity index (χ0v) is 11.8. The van der Waals surface area contributed by atoms with Gasteiger partial charge < -0.3 is 4.74 Å². The number of carbonyl (C=O) groups is 1. The van der Waals surface area contributed by atoms with E-state index in [4.69, 9.17) is 4.74 Å². The maximum Gasteiger partial charge on any atom is 0.139 e. The number of ether oxygens (including phenoxy) is 1. The average molecular weight is 258 g/mol. The van der Waals surface area contributed by atoms with Crippen molar-refractivity contribution in [1.82, 2.24) is 0 Å². The lowest BCUT2D eigenvalue weighted by Crippen LogP contribution is -2.39. The number of hydrogen-bond donors (Lipinski definition) is 0. The fourth-order valence-corrected chi connectivity index (χ4v) is 3.76. The van der Waals surface area contributed by atoms with E-state index < -0.39 is 0 Å². The maximum absolute atomic E-state index is 12.3. The van der Waals surface area contributed by atoms with Crippen molar-refractivity contribution in [1.29, 1.82) is 0 Å². The molecule has 2 nitrogen and oxygen atoms in total. The van der Waals surface area contributed by atoms with E-state index in [9.17, 15) is 4.79 Å². The molecule has 0 bridgehead atoms. The highest BCUT2D eigenvalue weighted by molar-refractivity contribution is 5.84. The van der Waals surface area contributed by atoms with E-state index in [1.165, 1.54) is 5.56 Å². The largest absolute Gasteiger partial charge is 0.364 e. The summed E-state index contributed by atoms with van der Waals surface area (Å²) in [7, 11) is 0. The molecule has 0 spiro atoms. The fourth-order valence-electron chi connectivity index (χ4n) is 3.76. The van der Waals surface area contributed by atoms with E-state index in [-0.39, 0.29) is 17.1 Å². The van der Waals surface area contributed by atoms with Gasteiger partial charge in [-0.05, 0) is 45.1 Å². The molecule has 2 heteroatoms. The Hall–Kier alpha value is -1.15. The van der Waals surface area contributed by atoms with Crippen LogP contribution in [-0.2, 0) is 15.1 Å². The van der Waals surface area contributed by atoms with Gasteiger partial charge in [0, 0.05) is 6.42 Å². The molecule has 1 aliphatic carbocycles. The van der Waals surface area contributed by atoms with Crippen LogP contribution in [0.25, 0.3) is 0 Å². The first-order valence-corrected chi connectivity index (χ1v) is 7.32.